The van der Waals surface area contributed by atoms with Crippen molar-refractivity contribution in [2.75, 3.05) is 11.5 Å². The van der Waals surface area contributed by atoms with E-state index < -0.39 is 0 Å². The van der Waals surface area contributed by atoms with Crippen molar-refractivity contribution in [2.24, 2.45) is 0 Å². The fraction of sp³-hybridized carbons (Fsp3) is 1.00. The zero-order chi connectivity index (χ0) is 14.1. The lowest BCUT2D eigenvalue weighted by Crippen LogP contribution is -1.88. The molecule has 0 unspecified atom stereocenters. The van der Waals surface area contributed by atoms with Gasteiger partial charge < -0.3 is 0 Å². The van der Waals surface area contributed by atoms with Gasteiger partial charge in [-0.3, -0.25) is 0 Å². The van der Waals surface area contributed by atoms with Gasteiger partial charge in [0.25, 0.3) is 0 Å². The quantitative estimate of drug-likeness (QED) is 0.450. The molecule has 1 aliphatic heterocycles. The molecule has 0 saturated carbocycles. The highest BCUT2D eigenvalue weighted by Crippen LogP contribution is 2.16. The molecule has 0 nitrogen and oxygen atoms in total. The van der Waals surface area contributed by atoms with E-state index in [-0.39, 0.29) is 0 Å². The van der Waals surface area contributed by atoms with Gasteiger partial charge >= 0.3 is 0 Å². The van der Waals surface area contributed by atoms with Crippen LogP contribution in [0, 0.1) is 0 Å². The molecule has 0 atom stereocenters. The monoisotopic (exact) mass is 298 g/mol. The van der Waals surface area contributed by atoms with Crippen LogP contribution in [-0.2, 0) is 0 Å². The molecule has 1 fully saturated rings. The Morgan fingerprint density at radius 1 is 0.250 bits per heavy atom. The summed E-state index contributed by atoms with van der Waals surface area (Å²) >= 11 is 2.20. The van der Waals surface area contributed by atoms with Crippen molar-refractivity contribution >= 4 is 11.8 Å². The van der Waals surface area contributed by atoms with Crippen LogP contribution >= 0.6 is 11.8 Å². The topological polar surface area (TPSA) is 0 Å². The minimum Gasteiger partial charge on any atom is -0.162 e. The van der Waals surface area contributed by atoms with Gasteiger partial charge in [-0.15, -0.1) is 0 Å². The number of rotatable bonds is 0. The molecule has 0 aliphatic carbocycles. The van der Waals surface area contributed by atoms with Gasteiger partial charge in [-0.25, -0.2) is 0 Å². The summed E-state index contributed by atoms with van der Waals surface area (Å²) < 4.78 is 0. The Balaban J connectivity index is 2.00. The SMILES string of the molecule is C1CCCCCCCCCSCCCCCCCCC1. The van der Waals surface area contributed by atoms with Crippen molar-refractivity contribution in [3.8, 4) is 0 Å². The maximum Gasteiger partial charge on any atom is -0.00675 e. The third-order valence-corrected chi connectivity index (χ3v) is 5.73. The van der Waals surface area contributed by atoms with Crippen molar-refractivity contribution in [1.29, 1.82) is 0 Å². The molecule has 120 valence electrons. The van der Waals surface area contributed by atoms with Gasteiger partial charge in [0, 0.05) is 0 Å². The Hall–Kier alpha value is 0.350. The average molecular weight is 299 g/mol. The average Bonchev–Trinajstić information content (AvgIpc) is 2.46. The van der Waals surface area contributed by atoms with Crippen LogP contribution < -0.4 is 0 Å². The highest BCUT2D eigenvalue weighted by atomic mass is 32.2. The van der Waals surface area contributed by atoms with E-state index in [1.165, 1.54) is 121 Å². The molecule has 0 aromatic carbocycles. The molecule has 0 radical (unpaired) electrons. The number of hydrogen-bond donors (Lipinski definition) is 0. The molecule has 1 rings (SSSR count). The van der Waals surface area contributed by atoms with Gasteiger partial charge in [0.2, 0.25) is 0 Å². The second-order valence-corrected chi connectivity index (χ2v) is 7.85. The Labute approximate surface area is 132 Å². The van der Waals surface area contributed by atoms with E-state index in [9.17, 15) is 0 Å². The van der Waals surface area contributed by atoms with Gasteiger partial charge in [0.15, 0.2) is 0 Å². The molecule has 0 bridgehead atoms. The summed E-state index contributed by atoms with van der Waals surface area (Å²) in [6, 6.07) is 0. The summed E-state index contributed by atoms with van der Waals surface area (Å²) in [4.78, 5) is 0. The van der Waals surface area contributed by atoms with Crippen LogP contribution in [-0.4, -0.2) is 11.5 Å². The molecule has 20 heavy (non-hydrogen) atoms. The minimum absolute atomic E-state index is 1.42. The summed E-state index contributed by atoms with van der Waals surface area (Å²) in [7, 11) is 0. The molecule has 1 aliphatic rings. The Kier molecular flexibility index (Phi) is 14.5. The van der Waals surface area contributed by atoms with Gasteiger partial charge in [-0.1, -0.05) is 96.3 Å². The Bertz CT molecular complexity index is 92.2. The largest absolute Gasteiger partial charge is 0.162 e. The van der Waals surface area contributed by atoms with Gasteiger partial charge in [0.05, 0.1) is 0 Å². The lowest BCUT2D eigenvalue weighted by atomic mass is 10.0. The van der Waals surface area contributed by atoms with Crippen molar-refractivity contribution in [2.45, 2.75) is 109 Å². The molecule has 0 aromatic heterocycles. The van der Waals surface area contributed by atoms with Crippen molar-refractivity contribution in [3.05, 3.63) is 0 Å². The van der Waals surface area contributed by atoms with Crippen molar-refractivity contribution in [3.63, 3.8) is 0 Å². The molecule has 1 heterocycles. The number of thioether (sulfide) groups is 1. The predicted molar refractivity (Wildman–Crippen MR) is 95.8 cm³/mol. The second kappa shape index (κ2) is 15.7. The van der Waals surface area contributed by atoms with E-state index in [0.29, 0.717) is 0 Å². The first kappa shape index (κ1) is 18.4. The van der Waals surface area contributed by atoms with Gasteiger partial charge in [-0.05, 0) is 24.3 Å². The molecular formula is C19H38S. The predicted octanol–water partition coefficient (Wildman–Crippen LogP) is 7.36. The van der Waals surface area contributed by atoms with Gasteiger partial charge in [-0.2, -0.15) is 11.8 Å². The third kappa shape index (κ3) is 13.3. The van der Waals surface area contributed by atoms with Crippen LogP contribution in [0.1, 0.15) is 109 Å². The maximum absolute atomic E-state index is 2.20. The summed E-state index contributed by atoms with van der Waals surface area (Å²) in [5, 5.41) is 0. The van der Waals surface area contributed by atoms with E-state index in [4.69, 9.17) is 0 Å². The fourth-order valence-corrected chi connectivity index (χ4v) is 4.18. The summed E-state index contributed by atoms with van der Waals surface area (Å²) in [5.41, 5.74) is 0. The fourth-order valence-electron chi connectivity index (χ4n) is 3.16. The van der Waals surface area contributed by atoms with E-state index in [1.54, 1.807) is 0 Å². The highest BCUT2D eigenvalue weighted by Gasteiger charge is 1.96. The van der Waals surface area contributed by atoms with Crippen LogP contribution in [0.15, 0.2) is 0 Å². The zero-order valence-electron chi connectivity index (χ0n) is 13.8. The summed E-state index contributed by atoms with van der Waals surface area (Å²) in [6.07, 6.45) is 25.3. The van der Waals surface area contributed by atoms with Crippen LogP contribution in [0.2, 0.25) is 0 Å². The van der Waals surface area contributed by atoms with Crippen molar-refractivity contribution in [1.82, 2.24) is 0 Å². The van der Waals surface area contributed by atoms with Gasteiger partial charge in [0.1, 0.15) is 0 Å². The molecular weight excluding hydrogens is 260 g/mol. The normalized spacial score (nSPS) is 24.0. The molecule has 0 aromatic rings. The minimum atomic E-state index is 1.42. The van der Waals surface area contributed by atoms with E-state index >= 15 is 0 Å². The first-order chi connectivity index (χ1) is 10.0. The lowest BCUT2D eigenvalue weighted by Gasteiger charge is -2.05. The van der Waals surface area contributed by atoms with E-state index in [2.05, 4.69) is 11.8 Å². The summed E-state index contributed by atoms with van der Waals surface area (Å²) in [5.74, 6) is 2.83. The molecule has 0 N–H and O–H groups in total. The Morgan fingerprint density at radius 3 is 0.700 bits per heavy atom. The lowest BCUT2D eigenvalue weighted by molar-refractivity contribution is 0.528. The smallest absolute Gasteiger partial charge is 0.00675 e. The van der Waals surface area contributed by atoms with Crippen LogP contribution in [0.3, 0.4) is 0 Å². The number of hydrogen-bond acceptors (Lipinski definition) is 1. The van der Waals surface area contributed by atoms with E-state index in [0.717, 1.165) is 0 Å². The van der Waals surface area contributed by atoms with E-state index in [1.807, 2.05) is 0 Å². The molecule has 1 saturated heterocycles. The first-order valence-electron chi connectivity index (χ1n) is 9.58. The molecule has 0 spiro atoms. The van der Waals surface area contributed by atoms with Crippen LogP contribution in [0.25, 0.3) is 0 Å². The third-order valence-electron chi connectivity index (χ3n) is 4.58. The Morgan fingerprint density at radius 2 is 0.450 bits per heavy atom. The first-order valence-corrected chi connectivity index (χ1v) is 10.7. The van der Waals surface area contributed by atoms with Crippen LogP contribution in [0.5, 0.6) is 0 Å². The van der Waals surface area contributed by atoms with Crippen molar-refractivity contribution < 1.29 is 0 Å². The standard InChI is InChI=1S/C19H38S/c1-2-4-6-8-10-12-14-16-18-20-19-17-15-13-11-9-7-5-3-1/h1-19H2. The highest BCUT2D eigenvalue weighted by molar-refractivity contribution is 7.99. The zero-order valence-corrected chi connectivity index (χ0v) is 14.7. The summed E-state index contributed by atoms with van der Waals surface area (Å²) in [6.45, 7) is 0. The second-order valence-electron chi connectivity index (χ2n) is 6.62. The molecule has 0 amide bonds. The van der Waals surface area contributed by atoms with Crippen LogP contribution in [0.4, 0.5) is 0 Å². The maximum atomic E-state index is 2.20. The molecule has 1 heteroatoms.